The Kier molecular flexibility index (Phi) is 5.83. The largest absolute Gasteiger partial charge is 0.306 e. The normalized spacial score (nSPS) is 22.7. The SMILES string of the molecule is Cc1cn2cc(C3=CN4C(=O)C=C(C5CCN(C(C)C)CC5)C(C)CC=C4C=C3)ccc2n1. The lowest BCUT2D eigenvalue weighted by Crippen LogP contribution is -2.39. The second kappa shape index (κ2) is 8.79. The predicted molar refractivity (Wildman–Crippen MR) is 133 cm³/mol. The maximum absolute atomic E-state index is 13.5. The van der Waals surface area contributed by atoms with Gasteiger partial charge in [-0.15, -0.1) is 0 Å². The van der Waals surface area contributed by atoms with Crippen molar-refractivity contribution in [2.24, 2.45) is 11.8 Å². The van der Waals surface area contributed by atoms with Gasteiger partial charge >= 0.3 is 0 Å². The standard InChI is InChI=1S/C28H34N4O/c1-19(2)30-13-11-22(12-14-30)26-15-28(33)32-18-24(6-9-25(32)8-5-20(26)3)23-7-10-27-29-21(4)16-31(27)17-23/h6-10,15-20,22H,5,11-14H2,1-4H3. The highest BCUT2D eigenvalue weighted by Gasteiger charge is 2.29. The maximum atomic E-state index is 13.5. The van der Waals surface area contributed by atoms with E-state index in [1.807, 2.05) is 40.8 Å². The van der Waals surface area contributed by atoms with E-state index in [2.05, 4.69) is 61.1 Å². The van der Waals surface area contributed by atoms with Gasteiger partial charge in [-0.1, -0.05) is 24.6 Å². The number of hydrogen-bond acceptors (Lipinski definition) is 3. The average molecular weight is 443 g/mol. The van der Waals surface area contributed by atoms with Crippen LogP contribution in [0.1, 0.15) is 51.3 Å². The molecule has 0 aliphatic carbocycles. The molecule has 3 aliphatic rings. The van der Waals surface area contributed by atoms with Crippen LogP contribution in [0.4, 0.5) is 0 Å². The molecule has 3 aliphatic heterocycles. The first kappa shape index (κ1) is 21.9. The number of aromatic nitrogens is 2. The number of aryl methyl sites for hydroxylation is 1. The van der Waals surface area contributed by atoms with Crippen LogP contribution < -0.4 is 0 Å². The van der Waals surface area contributed by atoms with E-state index in [0.717, 1.165) is 60.5 Å². The number of allylic oxidation sites excluding steroid dienone is 5. The lowest BCUT2D eigenvalue weighted by molar-refractivity contribution is -0.122. The van der Waals surface area contributed by atoms with E-state index >= 15 is 0 Å². The van der Waals surface area contributed by atoms with E-state index in [1.54, 1.807) is 0 Å². The van der Waals surface area contributed by atoms with Crippen LogP contribution in [0.5, 0.6) is 0 Å². The summed E-state index contributed by atoms with van der Waals surface area (Å²) < 4.78 is 2.04. The fourth-order valence-corrected chi connectivity index (χ4v) is 5.39. The molecule has 0 aromatic carbocycles. The molecule has 0 saturated carbocycles. The van der Waals surface area contributed by atoms with Crippen LogP contribution in [0.2, 0.25) is 0 Å². The lowest BCUT2D eigenvalue weighted by atomic mass is 9.80. The van der Waals surface area contributed by atoms with Crippen molar-refractivity contribution in [1.82, 2.24) is 19.2 Å². The zero-order valence-electron chi connectivity index (χ0n) is 20.2. The molecule has 33 heavy (non-hydrogen) atoms. The molecule has 1 atom stereocenters. The van der Waals surface area contributed by atoms with Gasteiger partial charge in [0.2, 0.25) is 0 Å². The van der Waals surface area contributed by atoms with Gasteiger partial charge in [-0.3, -0.25) is 9.69 Å². The molecule has 1 unspecified atom stereocenters. The van der Waals surface area contributed by atoms with Crippen LogP contribution in [0, 0.1) is 18.8 Å². The predicted octanol–water partition coefficient (Wildman–Crippen LogP) is 5.35. The molecule has 1 saturated heterocycles. The Balaban J connectivity index is 1.41. The molecule has 2 aromatic rings. The Bertz CT molecular complexity index is 1190. The number of pyridine rings is 1. The minimum Gasteiger partial charge on any atom is -0.306 e. The van der Waals surface area contributed by atoms with Crippen LogP contribution in [-0.2, 0) is 4.79 Å². The topological polar surface area (TPSA) is 40.9 Å². The van der Waals surface area contributed by atoms with Gasteiger partial charge in [0.1, 0.15) is 5.65 Å². The van der Waals surface area contributed by atoms with Crippen molar-refractivity contribution < 1.29 is 4.79 Å². The fraction of sp³-hybridized carbons (Fsp3) is 0.429. The summed E-state index contributed by atoms with van der Waals surface area (Å²) in [5, 5.41) is 0. The number of likely N-dealkylation sites (tertiary alicyclic amines) is 1. The van der Waals surface area contributed by atoms with E-state index in [1.165, 1.54) is 5.57 Å². The molecule has 5 heteroatoms. The highest BCUT2D eigenvalue weighted by Crippen LogP contribution is 2.35. The molecule has 172 valence electrons. The van der Waals surface area contributed by atoms with Gasteiger partial charge in [0, 0.05) is 36.4 Å². The highest BCUT2D eigenvalue weighted by atomic mass is 16.2. The summed E-state index contributed by atoms with van der Waals surface area (Å²) in [5.41, 5.74) is 6.34. The Morgan fingerprint density at radius 3 is 2.64 bits per heavy atom. The van der Waals surface area contributed by atoms with Crippen LogP contribution in [-0.4, -0.2) is 44.2 Å². The van der Waals surface area contributed by atoms with Crippen molar-refractivity contribution in [3.63, 3.8) is 0 Å². The first-order valence-electron chi connectivity index (χ1n) is 12.2. The van der Waals surface area contributed by atoms with Gasteiger partial charge < -0.3 is 9.30 Å². The summed E-state index contributed by atoms with van der Waals surface area (Å²) in [7, 11) is 0. The molecular formula is C28H34N4O. The molecular weight excluding hydrogens is 408 g/mol. The van der Waals surface area contributed by atoms with Crippen molar-refractivity contribution in [3.8, 4) is 0 Å². The molecule has 5 heterocycles. The fourth-order valence-electron chi connectivity index (χ4n) is 5.39. The van der Waals surface area contributed by atoms with Gasteiger partial charge in [-0.25, -0.2) is 4.98 Å². The number of amides is 1. The van der Waals surface area contributed by atoms with Crippen LogP contribution in [0.25, 0.3) is 11.2 Å². The van der Waals surface area contributed by atoms with Gasteiger partial charge in [-0.2, -0.15) is 0 Å². The van der Waals surface area contributed by atoms with Gasteiger partial charge in [0.25, 0.3) is 5.91 Å². The summed E-state index contributed by atoms with van der Waals surface area (Å²) in [4.78, 5) is 22.4. The second-order valence-electron chi connectivity index (χ2n) is 10.0. The van der Waals surface area contributed by atoms with Crippen molar-refractivity contribution in [2.45, 2.75) is 53.0 Å². The quantitative estimate of drug-likeness (QED) is 0.643. The van der Waals surface area contributed by atoms with Crippen LogP contribution in [0.3, 0.4) is 0 Å². The minimum absolute atomic E-state index is 0.0653. The molecule has 1 fully saturated rings. The zero-order valence-corrected chi connectivity index (χ0v) is 20.2. The van der Waals surface area contributed by atoms with Crippen molar-refractivity contribution in [2.75, 3.05) is 13.1 Å². The number of piperidine rings is 1. The third-order valence-corrected chi connectivity index (χ3v) is 7.39. The Morgan fingerprint density at radius 1 is 1.09 bits per heavy atom. The van der Waals surface area contributed by atoms with Crippen molar-refractivity contribution in [3.05, 3.63) is 77.6 Å². The molecule has 0 radical (unpaired) electrons. The van der Waals surface area contributed by atoms with Crippen LogP contribution >= 0.6 is 0 Å². The molecule has 0 bridgehead atoms. The minimum atomic E-state index is 0.0653. The second-order valence-corrected chi connectivity index (χ2v) is 10.0. The number of hydrogen-bond donors (Lipinski definition) is 0. The Morgan fingerprint density at radius 2 is 1.88 bits per heavy atom. The molecule has 0 N–H and O–H groups in total. The number of rotatable bonds is 3. The number of carbonyl (C=O) groups is 1. The zero-order chi connectivity index (χ0) is 23.1. The Hall–Kier alpha value is -2.92. The summed E-state index contributed by atoms with van der Waals surface area (Å²) in [6.45, 7) is 11.1. The van der Waals surface area contributed by atoms with Crippen LogP contribution in [0.15, 0.2) is 66.3 Å². The highest BCUT2D eigenvalue weighted by molar-refractivity contribution is 5.94. The van der Waals surface area contributed by atoms with Gasteiger partial charge in [0.15, 0.2) is 0 Å². The summed E-state index contributed by atoms with van der Waals surface area (Å²) in [5.74, 6) is 0.963. The number of carbonyl (C=O) groups excluding carboxylic acids is 1. The summed E-state index contributed by atoms with van der Waals surface area (Å²) in [6, 6.07) is 4.70. The molecule has 0 spiro atoms. The molecule has 5 nitrogen and oxygen atoms in total. The first-order chi connectivity index (χ1) is 15.9. The smallest absolute Gasteiger partial charge is 0.255 e. The van der Waals surface area contributed by atoms with E-state index in [4.69, 9.17) is 0 Å². The lowest BCUT2D eigenvalue weighted by Gasteiger charge is -2.37. The first-order valence-corrected chi connectivity index (χ1v) is 12.2. The van der Waals surface area contributed by atoms with E-state index in [0.29, 0.717) is 17.9 Å². The number of fused-ring (bicyclic) bond motifs is 2. The van der Waals surface area contributed by atoms with Crippen molar-refractivity contribution >= 4 is 17.1 Å². The average Bonchev–Trinajstić information content (AvgIpc) is 3.19. The number of imidazole rings is 1. The maximum Gasteiger partial charge on any atom is 0.255 e. The van der Waals surface area contributed by atoms with Gasteiger partial charge in [-0.05, 0) is 94.3 Å². The number of nitrogens with zero attached hydrogens (tertiary/aromatic N) is 4. The van der Waals surface area contributed by atoms with Gasteiger partial charge in [0.05, 0.1) is 5.69 Å². The Labute approximate surface area is 196 Å². The van der Waals surface area contributed by atoms with E-state index in [-0.39, 0.29) is 5.91 Å². The molecule has 2 aromatic heterocycles. The van der Waals surface area contributed by atoms with Crippen molar-refractivity contribution in [1.29, 1.82) is 0 Å². The summed E-state index contributed by atoms with van der Waals surface area (Å²) >= 11 is 0. The monoisotopic (exact) mass is 442 g/mol. The molecule has 5 rings (SSSR count). The van der Waals surface area contributed by atoms with E-state index < -0.39 is 0 Å². The summed E-state index contributed by atoms with van der Waals surface area (Å²) in [6.07, 6.45) is 17.7. The third-order valence-electron chi connectivity index (χ3n) is 7.39. The molecule has 1 amide bonds. The van der Waals surface area contributed by atoms with E-state index in [9.17, 15) is 4.79 Å². The third kappa shape index (κ3) is 4.34.